The van der Waals surface area contributed by atoms with E-state index in [2.05, 4.69) is 0 Å². The zero-order valence-corrected chi connectivity index (χ0v) is 10.4. The zero-order chi connectivity index (χ0) is 12.7. The van der Waals surface area contributed by atoms with Gasteiger partial charge in [-0.2, -0.15) is 4.73 Å². The van der Waals surface area contributed by atoms with Gasteiger partial charge in [0, 0.05) is 16.7 Å². The molecule has 1 heterocycles. The number of benzene rings is 1. The topological polar surface area (TPSA) is 47.2 Å². The Labute approximate surface area is 110 Å². The van der Waals surface area contributed by atoms with E-state index in [9.17, 15) is 10.3 Å². The molecule has 1 atom stereocenters. The molecule has 0 aliphatic heterocycles. The van der Waals surface area contributed by atoms with Crippen LogP contribution in [0, 0.1) is 5.21 Å². The van der Waals surface area contributed by atoms with Crippen molar-refractivity contribution in [3.8, 4) is 0 Å². The Morgan fingerprint density at radius 2 is 2.00 bits per heavy atom. The molecule has 18 heavy (non-hydrogen) atoms. The van der Waals surface area contributed by atoms with Crippen molar-refractivity contribution in [1.82, 2.24) is 0 Å². The van der Waals surface area contributed by atoms with Crippen molar-refractivity contribution in [1.29, 1.82) is 0 Å². The van der Waals surface area contributed by atoms with Crippen molar-refractivity contribution in [2.75, 3.05) is 0 Å². The zero-order valence-electron chi connectivity index (χ0n) is 9.64. The number of nitrogens with zero attached hydrogens (tertiary/aromatic N) is 1. The summed E-state index contributed by atoms with van der Waals surface area (Å²) in [5.41, 5.74) is 3.10. The fourth-order valence-electron chi connectivity index (χ4n) is 2.53. The Balaban J connectivity index is 2.20. The highest BCUT2D eigenvalue weighted by Crippen LogP contribution is 2.31. The maximum atomic E-state index is 11.8. The van der Waals surface area contributed by atoms with Crippen LogP contribution in [0.5, 0.6) is 0 Å². The summed E-state index contributed by atoms with van der Waals surface area (Å²) < 4.78 is 0.754. The standard InChI is InChI=1S/C14H12ClNO2/c15-11-5-6-12-10(8-11)4-3-9-2-1-7-16(18)13(9)14(12)17/h1-2,5-8,14,17H,3-4H2/t14-/m1/s1. The van der Waals surface area contributed by atoms with Gasteiger partial charge in [-0.15, -0.1) is 0 Å². The summed E-state index contributed by atoms with van der Waals surface area (Å²) >= 11 is 5.97. The highest BCUT2D eigenvalue weighted by Gasteiger charge is 2.28. The number of hydrogen-bond acceptors (Lipinski definition) is 2. The van der Waals surface area contributed by atoms with Crippen LogP contribution in [0.25, 0.3) is 0 Å². The second kappa shape index (κ2) is 4.26. The van der Waals surface area contributed by atoms with E-state index >= 15 is 0 Å². The molecule has 4 heteroatoms. The second-order valence-electron chi connectivity index (χ2n) is 4.49. The quantitative estimate of drug-likeness (QED) is 0.584. The van der Waals surface area contributed by atoms with E-state index in [4.69, 9.17) is 11.6 Å². The number of aliphatic hydroxyl groups is 1. The minimum Gasteiger partial charge on any atom is -0.618 e. The molecule has 0 fully saturated rings. The predicted octanol–water partition coefficient (Wildman–Crippen LogP) is 2.15. The number of aryl methyl sites for hydroxylation is 2. The second-order valence-corrected chi connectivity index (χ2v) is 4.93. The first-order valence-electron chi connectivity index (χ1n) is 5.84. The van der Waals surface area contributed by atoms with Crippen LogP contribution in [-0.2, 0) is 12.8 Å². The smallest absolute Gasteiger partial charge is 0.229 e. The molecule has 0 saturated heterocycles. The first kappa shape index (κ1) is 11.5. The summed E-state index contributed by atoms with van der Waals surface area (Å²) in [6.45, 7) is 0. The van der Waals surface area contributed by atoms with Crippen LogP contribution in [0.4, 0.5) is 0 Å². The molecule has 0 unspecified atom stereocenters. The van der Waals surface area contributed by atoms with Crippen LogP contribution >= 0.6 is 11.6 Å². The minimum absolute atomic E-state index is 0.429. The first-order chi connectivity index (χ1) is 8.66. The van der Waals surface area contributed by atoms with Crippen molar-refractivity contribution in [3.05, 3.63) is 69.1 Å². The molecule has 0 saturated carbocycles. The maximum absolute atomic E-state index is 11.8. The monoisotopic (exact) mass is 261 g/mol. The number of halogens is 1. The maximum Gasteiger partial charge on any atom is 0.229 e. The lowest BCUT2D eigenvalue weighted by molar-refractivity contribution is -0.618. The van der Waals surface area contributed by atoms with Gasteiger partial charge in [-0.25, -0.2) is 0 Å². The van der Waals surface area contributed by atoms with Crippen LogP contribution in [0.2, 0.25) is 5.02 Å². The fourth-order valence-corrected chi connectivity index (χ4v) is 2.72. The Bertz CT molecular complexity index is 613. The van der Waals surface area contributed by atoms with E-state index in [0.717, 1.165) is 34.3 Å². The molecule has 3 nitrogen and oxygen atoms in total. The number of rotatable bonds is 0. The van der Waals surface area contributed by atoms with Gasteiger partial charge in [-0.1, -0.05) is 17.7 Å². The molecule has 1 aromatic carbocycles. The lowest BCUT2D eigenvalue weighted by Crippen LogP contribution is -2.34. The summed E-state index contributed by atoms with van der Waals surface area (Å²) in [6.07, 6.45) is 2.06. The van der Waals surface area contributed by atoms with Crippen molar-refractivity contribution in [2.45, 2.75) is 18.9 Å². The molecule has 1 aliphatic carbocycles. The van der Waals surface area contributed by atoms with Gasteiger partial charge < -0.3 is 10.3 Å². The van der Waals surface area contributed by atoms with Crippen LogP contribution < -0.4 is 4.73 Å². The highest BCUT2D eigenvalue weighted by atomic mass is 35.5. The summed E-state index contributed by atoms with van der Waals surface area (Å²) in [5, 5.41) is 22.9. The van der Waals surface area contributed by atoms with Crippen LogP contribution in [-0.4, -0.2) is 5.11 Å². The molecule has 1 aliphatic rings. The van der Waals surface area contributed by atoms with Gasteiger partial charge in [0.25, 0.3) is 0 Å². The lowest BCUT2D eigenvalue weighted by Gasteiger charge is -2.13. The third-order valence-electron chi connectivity index (χ3n) is 3.41. The number of hydrogen-bond donors (Lipinski definition) is 1. The van der Waals surface area contributed by atoms with Crippen molar-refractivity contribution < 1.29 is 9.84 Å². The third kappa shape index (κ3) is 1.76. The molecule has 0 bridgehead atoms. The number of fused-ring (bicyclic) bond motifs is 2. The molecule has 2 aromatic rings. The van der Waals surface area contributed by atoms with Gasteiger partial charge in [0.2, 0.25) is 5.69 Å². The van der Waals surface area contributed by atoms with Gasteiger partial charge in [-0.3, -0.25) is 0 Å². The Hall–Kier alpha value is -1.58. The third-order valence-corrected chi connectivity index (χ3v) is 3.64. The Kier molecular flexibility index (Phi) is 2.73. The average molecular weight is 262 g/mol. The van der Waals surface area contributed by atoms with Gasteiger partial charge in [-0.05, 0) is 42.2 Å². The van der Waals surface area contributed by atoms with E-state index in [1.807, 2.05) is 12.1 Å². The summed E-state index contributed by atoms with van der Waals surface area (Å²) in [5.74, 6) is 0. The van der Waals surface area contributed by atoms with Gasteiger partial charge in [0.15, 0.2) is 12.3 Å². The Morgan fingerprint density at radius 1 is 1.22 bits per heavy atom. The van der Waals surface area contributed by atoms with Crippen LogP contribution in [0.1, 0.15) is 28.5 Å². The first-order valence-corrected chi connectivity index (χ1v) is 6.22. The van der Waals surface area contributed by atoms with E-state index in [1.54, 1.807) is 18.2 Å². The normalized spacial score (nSPS) is 17.8. The number of aromatic nitrogens is 1. The predicted molar refractivity (Wildman–Crippen MR) is 68.3 cm³/mol. The van der Waals surface area contributed by atoms with E-state index < -0.39 is 6.10 Å². The summed E-state index contributed by atoms with van der Waals surface area (Å²) in [7, 11) is 0. The van der Waals surface area contributed by atoms with Crippen molar-refractivity contribution in [2.24, 2.45) is 0 Å². The minimum atomic E-state index is -0.881. The molecule has 0 amide bonds. The van der Waals surface area contributed by atoms with Crippen LogP contribution in [0.15, 0.2) is 36.5 Å². The molecule has 1 aromatic heterocycles. The molecule has 0 radical (unpaired) electrons. The molecular formula is C14H12ClNO2. The number of pyridine rings is 1. The van der Waals surface area contributed by atoms with Gasteiger partial charge in [0.1, 0.15) is 0 Å². The van der Waals surface area contributed by atoms with E-state index in [1.165, 1.54) is 6.20 Å². The lowest BCUT2D eigenvalue weighted by atomic mass is 10.0. The average Bonchev–Trinajstić information content (AvgIpc) is 2.48. The van der Waals surface area contributed by atoms with E-state index in [-0.39, 0.29) is 0 Å². The molecule has 0 spiro atoms. The fraction of sp³-hybridized carbons (Fsp3) is 0.214. The highest BCUT2D eigenvalue weighted by molar-refractivity contribution is 6.30. The molecule has 1 N–H and O–H groups in total. The number of aliphatic hydroxyl groups excluding tert-OH is 1. The molecule has 3 rings (SSSR count). The summed E-state index contributed by atoms with van der Waals surface area (Å²) in [4.78, 5) is 0. The Morgan fingerprint density at radius 3 is 2.83 bits per heavy atom. The van der Waals surface area contributed by atoms with Crippen molar-refractivity contribution in [3.63, 3.8) is 0 Å². The van der Waals surface area contributed by atoms with Gasteiger partial charge in [0.05, 0.1) is 0 Å². The van der Waals surface area contributed by atoms with Gasteiger partial charge >= 0.3 is 0 Å². The SMILES string of the molecule is [O-][n+]1cccc2c1[C@H](O)c1ccc(Cl)cc1CC2. The molecule has 92 valence electrons. The van der Waals surface area contributed by atoms with Crippen molar-refractivity contribution >= 4 is 11.6 Å². The largest absolute Gasteiger partial charge is 0.618 e. The van der Waals surface area contributed by atoms with E-state index in [0.29, 0.717) is 10.7 Å². The molecular weight excluding hydrogens is 250 g/mol. The van der Waals surface area contributed by atoms with Crippen LogP contribution in [0.3, 0.4) is 0 Å². The summed E-state index contributed by atoms with van der Waals surface area (Å²) in [6, 6.07) is 9.00.